The van der Waals surface area contributed by atoms with Crippen LogP contribution >= 0.6 is 17.0 Å². The molecule has 1 heterocycles. The van der Waals surface area contributed by atoms with Crippen molar-refractivity contribution in [2.24, 2.45) is 10.9 Å². The van der Waals surface area contributed by atoms with Crippen molar-refractivity contribution in [2.75, 3.05) is 6.67 Å². The molecule has 0 radical (unpaired) electrons. The van der Waals surface area contributed by atoms with Crippen LogP contribution in [0, 0.1) is 22.7 Å². The van der Waals surface area contributed by atoms with Crippen LogP contribution in [0.2, 0.25) is 0 Å². The van der Waals surface area contributed by atoms with Crippen LogP contribution in [0.5, 0.6) is 0 Å². The van der Waals surface area contributed by atoms with Crippen LogP contribution in [0.1, 0.15) is 44.4 Å². The van der Waals surface area contributed by atoms with Gasteiger partial charge in [0.25, 0.3) is 0 Å². The minimum absolute atomic E-state index is 0. The summed E-state index contributed by atoms with van der Waals surface area (Å²) in [6.45, 7) is 8.61. The maximum absolute atomic E-state index is 9.44. The summed E-state index contributed by atoms with van der Waals surface area (Å²) in [4.78, 5) is 0. The largest absolute Gasteiger partial charge is 0.278 e. The Morgan fingerprint density at radius 1 is 1.08 bits per heavy atom. The van der Waals surface area contributed by atoms with Gasteiger partial charge in [0.15, 0.2) is 0 Å². The molecule has 2 rings (SSSR count). The number of rotatable bonds is 4. The predicted molar refractivity (Wildman–Crippen MR) is 99.0 cm³/mol. The first-order chi connectivity index (χ1) is 10.7. The van der Waals surface area contributed by atoms with Gasteiger partial charge in [0, 0.05) is 0 Å². The average Bonchev–Trinajstić information content (AvgIpc) is 2.92. The Labute approximate surface area is 153 Å². The fourth-order valence-electron chi connectivity index (χ4n) is 2.34. The minimum Gasteiger partial charge on any atom is -0.278 e. The van der Waals surface area contributed by atoms with E-state index in [9.17, 15) is 10.5 Å². The molecule has 2 N–H and O–H groups in total. The second-order valence-corrected chi connectivity index (χ2v) is 6.94. The highest BCUT2D eigenvalue weighted by molar-refractivity contribution is 8.93. The van der Waals surface area contributed by atoms with Crippen LogP contribution < -0.4 is 5.84 Å². The Morgan fingerprint density at radius 2 is 1.58 bits per heavy atom. The SMILES string of the molecule is Br.CC(C)(C#N)c1cc(CN2CN(N)C=N2)cc(C(C)(C)C#N)c1. The van der Waals surface area contributed by atoms with Crippen LogP contribution in [0.4, 0.5) is 0 Å². The molecule has 1 aliphatic rings. The zero-order valence-electron chi connectivity index (χ0n) is 14.4. The molecule has 0 amide bonds. The summed E-state index contributed by atoms with van der Waals surface area (Å²) in [5, 5.41) is 26.4. The van der Waals surface area contributed by atoms with E-state index >= 15 is 0 Å². The first kappa shape index (κ1) is 20.0. The van der Waals surface area contributed by atoms with Crippen molar-refractivity contribution in [1.82, 2.24) is 10.0 Å². The highest BCUT2D eigenvalue weighted by Crippen LogP contribution is 2.30. The van der Waals surface area contributed by atoms with Gasteiger partial charge in [-0.3, -0.25) is 10.0 Å². The van der Waals surface area contributed by atoms with E-state index in [1.807, 2.05) is 50.9 Å². The maximum Gasteiger partial charge on any atom is 0.127 e. The lowest BCUT2D eigenvalue weighted by molar-refractivity contribution is 0.230. The van der Waals surface area contributed by atoms with Crippen LogP contribution in [0.3, 0.4) is 0 Å². The summed E-state index contributed by atoms with van der Waals surface area (Å²) in [7, 11) is 0. The third kappa shape index (κ3) is 4.25. The van der Waals surface area contributed by atoms with Crippen molar-refractivity contribution in [3.05, 3.63) is 34.9 Å². The second kappa shape index (κ2) is 7.21. The lowest BCUT2D eigenvalue weighted by Gasteiger charge is -2.24. The number of benzene rings is 1. The van der Waals surface area contributed by atoms with Gasteiger partial charge in [0.1, 0.15) is 13.0 Å². The third-order valence-corrected chi connectivity index (χ3v) is 4.05. The van der Waals surface area contributed by atoms with Crippen LogP contribution in [-0.4, -0.2) is 23.0 Å². The number of hydrazine groups is 1. The summed E-state index contributed by atoms with van der Waals surface area (Å²) in [6.07, 6.45) is 1.57. The van der Waals surface area contributed by atoms with Crippen LogP contribution in [0.15, 0.2) is 23.3 Å². The molecule has 0 aromatic heterocycles. The molecule has 24 heavy (non-hydrogen) atoms. The highest BCUT2D eigenvalue weighted by Gasteiger charge is 2.26. The van der Waals surface area contributed by atoms with E-state index in [4.69, 9.17) is 5.84 Å². The molecule has 6 nitrogen and oxygen atoms in total. The molecule has 128 valence electrons. The van der Waals surface area contributed by atoms with Gasteiger partial charge in [-0.05, 0) is 44.4 Å². The minimum atomic E-state index is -0.621. The quantitative estimate of drug-likeness (QED) is 0.797. The van der Waals surface area contributed by atoms with E-state index < -0.39 is 10.8 Å². The molecule has 1 aromatic rings. The zero-order valence-corrected chi connectivity index (χ0v) is 16.2. The standard InChI is InChI=1S/C17H22N6.BrH/c1-16(2,9-18)14-5-13(8-23-12-22(20)11-21-23)6-15(7-14)17(3,4)10-19;/h5-7,11H,8,12,20H2,1-4H3;1H. The van der Waals surface area contributed by atoms with Gasteiger partial charge in [0.2, 0.25) is 0 Å². The van der Waals surface area contributed by atoms with E-state index in [0.717, 1.165) is 16.7 Å². The van der Waals surface area contributed by atoms with Crippen molar-refractivity contribution in [3.63, 3.8) is 0 Å². The smallest absolute Gasteiger partial charge is 0.127 e. The summed E-state index contributed by atoms with van der Waals surface area (Å²) < 4.78 is 0. The van der Waals surface area contributed by atoms with Gasteiger partial charge >= 0.3 is 0 Å². The number of hydrazone groups is 1. The summed E-state index contributed by atoms with van der Waals surface area (Å²) in [5.74, 6) is 5.68. The van der Waals surface area contributed by atoms with Gasteiger partial charge < -0.3 is 0 Å². The van der Waals surface area contributed by atoms with Crippen molar-refractivity contribution in [3.8, 4) is 12.1 Å². The topological polar surface area (TPSA) is 92.4 Å². The predicted octanol–water partition coefficient (Wildman–Crippen LogP) is 2.76. The molecular weight excluding hydrogens is 368 g/mol. The highest BCUT2D eigenvalue weighted by atomic mass is 79.9. The van der Waals surface area contributed by atoms with Gasteiger partial charge in [-0.2, -0.15) is 15.6 Å². The van der Waals surface area contributed by atoms with E-state index in [0.29, 0.717) is 13.2 Å². The summed E-state index contributed by atoms with van der Waals surface area (Å²) in [6, 6.07) is 10.6. The molecule has 0 saturated heterocycles. The van der Waals surface area contributed by atoms with Gasteiger partial charge in [-0.15, -0.1) is 17.0 Å². The number of nitrogens with two attached hydrogens (primary N) is 1. The zero-order chi connectivity index (χ0) is 17.3. The van der Waals surface area contributed by atoms with E-state index in [1.54, 1.807) is 6.34 Å². The second-order valence-electron chi connectivity index (χ2n) is 6.94. The molecule has 0 unspecified atom stereocenters. The fraction of sp³-hybridized carbons (Fsp3) is 0.471. The molecule has 7 heteroatoms. The van der Waals surface area contributed by atoms with E-state index in [2.05, 4.69) is 17.2 Å². The van der Waals surface area contributed by atoms with Crippen molar-refractivity contribution >= 4 is 23.3 Å². The lowest BCUT2D eigenvalue weighted by atomic mass is 9.79. The monoisotopic (exact) mass is 390 g/mol. The first-order valence-corrected chi connectivity index (χ1v) is 7.46. The van der Waals surface area contributed by atoms with Crippen molar-refractivity contribution in [2.45, 2.75) is 45.1 Å². The Bertz CT molecular complexity index is 667. The molecular formula is C17H23BrN6. The van der Waals surface area contributed by atoms with E-state index in [1.165, 1.54) is 5.01 Å². The van der Waals surface area contributed by atoms with Gasteiger partial charge in [-0.1, -0.05) is 18.2 Å². The van der Waals surface area contributed by atoms with Gasteiger partial charge in [-0.25, -0.2) is 5.84 Å². The number of nitrogens with zero attached hydrogens (tertiary/aromatic N) is 5. The fourth-order valence-corrected chi connectivity index (χ4v) is 2.34. The first-order valence-electron chi connectivity index (χ1n) is 7.46. The number of halogens is 1. The molecule has 0 atom stereocenters. The van der Waals surface area contributed by atoms with Gasteiger partial charge in [0.05, 0.1) is 29.5 Å². The molecule has 0 spiro atoms. The molecule has 1 aliphatic heterocycles. The number of nitriles is 2. The van der Waals surface area contributed by atoms with Crippen molar-refractivity contribution in [1.29, 1.82) is 10.5 Å². The Balaban J connectivity index is 0.00000288. The molecule has 0 saturated carbocycles. The molecule has 0 fully saturated rings. The van der Waals surface area contributed by atoms with Crippen LogP contribution in [-0.2, 0) is 17.4 Å². The summed E-state index contributed by atoms with van der Waals surface area (Å²) >= 11 is 0. The third-order valence-electron chi connectivity index (χ3n) is 4.05. The maximum atomic E-state index is 9.44. The Hall–Kier alpha value is -2.09. The normalized spacial score (nSPS) is 14.1. The number of hydrogen-bond acceptors (Lipinski definition) is 6. The average molecular weight is 391 g/mol. The summed E-state index contributed by atoms with van der Waals surface area (Å²) in [5.41, 5.74) is 1.58. The van der Waals surface area contributed by atoms with E-state index in [-0.39, 0.29) is 17.0 Å². The Morgan fingerprint density at radius 3 is 1.96 bits per heavy atom. The molecule has 1 aromatic carbocycles. The van der Waals surface area contributed by atoms with Crippen molar-refractivity contribution < 1.29 is 0 Å². The molecule has 0 bridgehead atoms. The Kier molecular flexibility index (Phi) is 5.99. The lowest BCUT2D eigenvalue weighted by Crippen LogP contribution is -2.32. The van der Waals surface area contributed by atoms with Crippen LogP contribution in [0.25, 0.3) is 0 Å². The number of hydrogen-bond donors (Lipinski definition) is 1. The molecule has 0 aliphatic carbocycles.